The molecule has 254 valence electrons. The first-order valence-electron chi connectivity index (χ1n) is 16.9. The molecule has 0 aliphatic carbocycles. The first-order chi connectivity index (χ1) is 22.0. The lowest BCUT2D eigenvalue weighted by atomic mass is 9.99. The van der Waals surface area contributed by atoms with Crippen molar-refractivity contribution in [3.8, 4) is 11.3 Å². The second-order valence-electron chi connectivity index (χ2n) is 13.6. The van der Waals surface area contributed by atoms with Gasteiger partial charge in [0, 0.05) is 106 Å². The zero-order valence-corrected chi connectivity index (χ0v) is 28.5. The molecule has 0 unspecified atom stereocenters. The van der Waals surface area contributed by atoms with Gasteiger partial charge in [-0.3, -0.25) is 9.48 Å². The lowest BCUT2D eigenvalue weighted by Crippen LogP contribution is -2.45. The minimum absolute atomic E-state index is 0.0824. The Morgan fingerprint density at radius 3 is 2.37 bits per heavy atom. The number of aromatic nitrogens is 2. The van der Waals surface area contributed by atoms with E-state index in [-0.39, 0.29) is 12.8 Å². The number of carbonyl (C=O) groups excluding carboxylic acids is 1. The van der Waals surface area contributed by atoms with Crippen molar-refractivity contribution >= 4 is 27.5 Å². The van der Waals surface area contributed by atoms with E-state index >= 15 is 0 Å². The van der Waals surface area contributed by atoms with Crippen LogP contribution in [-0.4, -0.2) is 114 Å². The minimum Gasteiger partial charge on any atom is -0.340 e. The topological polar surface area (TPSA) is 82.0 Å². The van der Waals surface area contributed by atoms with Gasteiger partial charge in [-0.15, -0.1) is 0 Å². The van der Waals surface area contributed by atoms with Gasteiger partial charge in [-0.05, 0) is 69.3 Å². The summed E-state index contributed by atoms with van der Waals surface area (Å²) in [7, 11) is -3.36. The van der Waals surface area contributed by atoms with E-state index in [9.17, 15) is 22.0 Å². The van der Waals surface area contributed by atoms with E-state index in [0.717, 1.165) is 106 Å². The molecule has 0 bridgehead atoms. The van der Waals surface area contributed by atoms with Gasteiger partial charge >= 0.3 is 0 Å². The maximum Gasteiger partial charge on any atom is 0.250 e. The lowest BCUT2D eigenvalue weighted by molar-refractivity contribution is -0.130. The number of piperidine rings is 2. The number of hydrogen-bond donors (Lipinski definition) is 0. The standard InChI is InChI=1S/C33H47ClF2N6O3S/c1-46(44,45)40-20-11-30-28(24-40)32(26-7-8-29(34)25(23-26)5-2-14-39-21-12-33(35,36)13-22-39)37-42(30)17-4-15-38-18-9-27(10-19-38)41-16-3-6-31(41)43/h7-8,23,27H,2-6,9-22,24H2,1H3. The predicted octanol–water partition coefficient (Wildman–Crippen LogP) is 4.66. The normalized spacial score (nSPS) is 22.1. The molecule has 1 amide bonds. The molecule has 3 fully saturated rings. The third kappa shape index (κ3) is 7.94. The molecule has 0 saturated carbocycles. The third-order valence-corrected chi connectivity index (χ3v) is 12.0. The number of aryl methyl sites for hydroxylation is 2. The van der Waals surface area contributed by atoms with E-state index in [2.05, 4.69) is 25.4 Å². The van der Waals surface area contributed by atoms with E-state index < -0.39 is 15.9 Å². The molecule has 3 saturated heterocycles. The predicted molar refractivity (Wildman–Crippen MR) is 176 cm³/mol. The number of hydrogen-bond acceptors (Lipinski definition) is 6. The van der Waals surface area contributed by atoms with Crippen molar-refractivity contribution in [1.82, 2.24) is 28.8 Å². The molecule has 0 spiro atoms. The monoisotopic (exact) mass is 680 g/mol. The SMILES string of the molecule is CS(=O)(=O)N1CCc2c(c(-c3ccc(Cl)c(CCCN4CCC(F)(F)CC4)c3)nn2CCCN2CCC(N3CCCC3=O)CC2)C1. The van der Waals surface area contributed by atoms with Crippen molar-refractivity contribution in [2.75, 3.05) is 58.6 Å². The van der Waals surface area contributed by atoms with E-state index in [0.29, 0.717) is 56.0 Å². The smallest absolute Gasteiger partial charge is 0.250 e. The molecule has 46 heavy (non-hydrogen) atoms. The van der Waals surface area contributed by atoms with Gasteiger partial charge < -0.3 is 14.7 Å². The fraction of sp³-hybridized carbons (Fsp3) is 0.697. The zero-order chi connectivity index (χ0) is 32.5. The van der Waals surface area contributed by atoms with Crippen LogP contribution >= 0.6 is 11.6 Å². The van der Waals surface area contributed by atoms with Crippen molar-refractivity contribution < 1.29 is 22.0 Å². The molecular weight excluding hydrogens is 634 g/mol. The van der Waals surface area contributed by atoms with Gasteiger partial charge in [0.2, 0.25) is 15.9 Å². The van der Waals surface area contributed by atoms with Crippen LogP contribution in [0.1, 0.15) is 68.2 Å². The van der Waals surface area contributed by atoms with E-state index in [1.54, 1.807) is 0 Å². The average molecular weight is 681 g/mol. The van der Waals surface area contributed by atoms with Crippen molar-refractivity contribution in [2.24, 2.45) is 0 Å². The molecule has 9 nitrogen and oxygen atoms in total. The second kappa shape index (κ2) is 14.2. The highest BCUT2D eigenvalue weighted by molar-refractivity contribution is 7.88. The molecule has 4 aliphatic heterocycles. The number of sulfonamides is 1. The highest BCUT2D eigenvalue weighted by Gasteiger charge is 2.34. The lowest BCUT2D eigenvalue weighted by Gasteiger charge is -2.36. The fourth-order valence-electron chi connectivity index (χ4n) is 7.63. The number of halogens is 3. The number of alkyl halides is 2. The highest BCUT2D eigenvalue weighted by Crippen LogP contribution is 2.34. The number of nitrogens with zero attached hydrogens (tertiary/aromatic N) is 6. The van der Waals surface area contributed by atoms with E-state index in [1.165, 1.54) is 10.6 Å². The van der Waals surface area contributed by atoms with Crippen LogP contribution in [0.4, 0.5) is 8.78 Å². The summed E-state index contributed by atoms with van der Waals surface area (Å²) >= 11 is 6.62. The summed E-state index contributed by atoms with van der Waals surface area (Å²) in [5.41, 5.74) is 4.76. The van der Waals surface area contributed by atoms with Gasteiger partial charge in [-0.1, -0.05) is 17.7 Å². The Bertz CT molecular complexity index is 1500. The number of rotatable bonds is 11. The molecule has 4 aliphatic rings. The molecule has 13 heteroatoms. The van der Waals surface area contributed by atoms with Crippen LogP contribution in [0.5, 0.6) is 0 Å². The van der Waals surface area contributed by atoms with Crippen molar-refractivity contribution in [1.29, 1.82) is 0 Å². The quantitative estimate of drug-likeness (QED) is 0.344. The maximum atomic E-state index is 13.6. The fourth-order valence-corrected chi connectivity index (χ4v) is 8.63. The van der Waals surface area contributed by atoms with Crippen LogP contribution in [0.15, 0.2) is 18.2 Å². The van der Waals surface area contributed by atoms with Crippen molar-refractivity contribution in [3.05, 3.63) is 40.0 Å². The minimum atomic E-state index is -3.36. The Hall–Kier alpha value is -2.12. The summed E-state index contributed by atoms with van der Waals surface area (Å²) in [4.78, 5) is 18.9. The summed E-state index contributed by atoms with van der Waals surface area (Å²) in [6.45, 7) is 6.93. The Kier molecular flexibility index (Phi) is 10.4. The van der Waals surface area contributed by atoms with Gasteiger partial charge in [-0.25, -0.2) is 17.2 Å². The second-order valence-corrected chi connectivity index (χ2v) is 16.0. The third-order valence-electron chi connectivity index (χ3n) is 10.3. The number of likely N-dealkylation sites (tertiary alicyclic amines) is 3. The van der Waals surface area contributed by atoms with Gasteiger partial charge in [0.25, 0.3) is 5.92 Å². The molecular formula is C33H47ClF2N6O3S. The number of carbonyl (C=O) groups is 1. The molecule has 0 atom stereocenters. The van der Waals surface area contributed by atoms with Crippen LogP contribution in [-0.2, 0) is 40.7 Å². The number of fused-ring (bicyclic) bond motifs is 1. The Balaban J connectivity index is 1.12. The van der Waals surface area contributed by atoms with Crippen LogP contribution in [0.25, 0.3) is 11.3 Å². The molecule has 2 aromatic rings. The Morgan fingerprint density at radius 1 is 0.957 bits per heavy atom. The van der Waals surface area contributed by atoms with Crippen LogP contribution in [0.3, 0.4) is 0 Å². The number of amides is 1. The summed E-state index contributed by atoms with van der Waals surface area (Å²) in [5, 5.41) is 5.75. The van der Waals surface area contributed by atoms with E-state index in [1.807, 2.05) is 12.1 Å². The Labute approximate surface area is 276 Å². The highest BCUT2D eigenvalue weighted by atomic mass is 35.5. The van der Waals surface area contributed by atoms with Gasteiger partial charge in [0.1, 0.15) is 0 Å². The van der Waals surface area contributed by atoms with Crippen LogP contribution in [0.2, 0.25) is 5.02 Å². The molecule has 0 N–H and O–H groups in total. The molecule has 1 aromatic heterocycles. The van der Waals surface area contributed by atoms with Gasteiger partial charge in [-0.2, -0.15) is 9.40 Å². The van der Waals surface area contributed by atoms with Crippen molar-refractivity contribution in [2.45, 2.75) is 89.3 Å². The van der Waals surface area contributed by atoms with E-state index in [4.69, 9.17) is 16.7 Å². The van der Waals surface area contributed by atoms with Crippen LogP contribution < -0.4 is 0 Å². The summed E-state index contributed by atoms with van der Waals surface area (Å²) in [6.07, 6.45) is 7.92. The largest absolute Gasteiger partial charge is 0.340 e. The number of benzene rings is 1. The van der Waals surface area contributed by atoms with Gasteiger partial charge in [0.05, 0.1) is 11.9 Å². The average Bonchev–Trinajstić information content (AvgIpc) is 3.62. The summed E-state index contributed by atoms with van der Waals surface area (Å²) in [6, 6.07) is 6.29. The summed E-state index contributed by atoms with van der Waals surface area (Å²) < 4.78 is 55.8. The Morgan fingerprint density at radius 2 is 1.67 bits per heavy atom. The zero-order valence-electron chi connectivity index (χ0n) is 26.9. The van der Waals surface area contributed by atoms with Crippen molar-refractivity contribution in [3.63, 3.8) is 0 Å². The maximum absolute atomic E-state index is 13.6. The molecule has 6 rings (SSSR count). The first-order valence-corrected chi connectivity index (χ1v) is 19.1. The first kappa shape index (κ1) is 33.8. The van der Waals surface area contributed by atoms with Gasteiger partial charge in [0.15, 0.2) is 0 Å². The molecule has 0 radical (unpaired) electrons. The molecule has 1 aromatic carbocycles. The summed E-state index contributed by atoms with van der Waals surface area (Å²) in [5.74, 6) is -2.23. The van der Waals surface area contributed by atoms with Crippen LogP contribution in [0, 0.1) is 0 Å². The molecule has 5 heterocycles.